The molecule has 0 saturated carbocycles. The summed E-state index contributed by atoms with van der Waals surface area (Å²) in [4.78, 5) is 14.4. The molecule has 0 aliphatic carbocycles. The molecule has 110 valence electrons. The van der Waals surface area contributed by atoms with E-state index in [1.54, 1.807) is 7.11 Å². The Morgan fingerprint density at radius 3 is 2.75 bits per heavy atom. The average Bonchev–Trinajstić information content (AvgIpc) is 2.97. The van der Waals surface area contributed by atoms with Gasteiger partial charge >= 0.3 is 0 Å². The third-order valence-electron chi connectivity index (χ3n) is 3.85. The zero-order chi connectivity index (χ0) is 14.4. The molecule has 20 heavy (non-hydrogen) atoms. The number of methoxy groups -OCH3 is 1. The van der Waals surface area contributed by atoms with E-state index < -0.39 is 0 Å². The molecule has 1 aliphatic heterocycles. The maximum Gasteiger partial charge on any atom is 0.223 e. The molecule has 0 radical (unpaired) electrons. The van der Waals surface area contributed by atoms with E-state index in [9.17, 15) is 4.79 Å². The molecule has 1 aromatic rings. The molecule has 1 saturated heterocycles. The number of halogens is 1. The van der Waals surface area contributed by atoms with Crippen molar-refractivity contribution in [3.63, 3.8) is 0 Å². The average molecular weight is 340 g/mol. The lowest BCUT2D eigenvalue weighted by Crippen LogP contribution is -2.30. The van der Waals surface area contributed by atoms with Gasteiger partial charge in [-0.05, 0) is 43.4 Å². The van der Waals surface area contributed by atoms with Crippen molar-refractivity contribution in [2.45, 2.75) is 38.1 Å². The molecule has 1 unspecified atom stereocenters. The first-order chi connectivity index (χ1) is 9.76. The summed E-state index contributed by atoms with van der Waals surface area (Å²) in [5, 5.41) is 0.974. The standard InChI is InChI=1S/C16H22BrNO2/c1-20-14-9-7-13(8-10-14)15-5-4-12-18(15)16(19)6-2-3-11-17/h7-10,15H,2-6,11-12H2,1H3. The SMILES string of the molecule is COc1ccc(C2CCCN2C(=O)CCCCBr)cc1. The van der Waals surface area contributed by atoms with Gasteiger partial charge in [-0.3, -0.25) is 4.79 Å². The van der Waals surface area contributed by atoms with Crippen LogP contribution in [-0.4, -0.2) is 29.8 Å². The molecular weight excluding hydrogens is 318 g/mol. The van der Waals surface area contributed by atoms with Crippen molar-refractivity contribution in [2.75, 3.05) is 19.0 Å². The minimum absolute atomic E-state index is 0.248. The lowest BCUT2D eigenvalue weighted by molar-refractivity contribution is -0.132. The molecule has 1 atom stereocenters. The van der Waals surface area contributed by atoms with Crippen molar-refractivity contribution in [1.82, 2.24) is 4.90 Å². The van der Waals surface area contributed by atoms with Gasteiger partial charge in [-0.2, -0.15) is 0 Å². The minimum Gasteiger partial charge on any atom is -0.497 e. The lowest BCUT2D eigenvalue weighted by atomic mass is 10.0. The van der Waals surface area contributed by atoms with E-state index in [1.807, 2.05) is 12.1 Å². The van der Waals surface area contributed by atoms with Gasteiger partial charge in [0.2, 0.25) is 5.91 Å². The van der Waals surface area contributed by atoms with Crippen LogP contribution in [0.15, 0.2) is 24.3 Å². The van der Waals surface area contributed by atoms with Crippen LogP contribution in [0.25, 0.3) is 0 Å². The van der Waals surface area contributed by atoms with Gasteiger partial charge < -0.3 is 9.64 Å². The fraction of sp³-hybridized carbons (Fsp3) is 0.562. The largest absolute Gasteiger partial charge is 0.497 e. The van der Waals surface area contributed by atoms with Gasteiger partial charge in [0.05, 0.1) is 13.2 Å². The number of unbranched alkanes of at least 4 members (excludes halogenated alkanes) is 1. The third kappa shape index (κ3) is 3.75. The monoisotopic (exact) mass is 339 g/mol. The molecule has 1 amide bonds. The zero-order valence-electron chi connectivity index (χ0n) is 12.0. The van der Waals surface area contributed by atoms with Crippen LogP contribution < -0.4 is 4.74 Å². The Bertz CT molecular complexity index is 433. The first-order valence-corrected chi connectivity index (χ1v) is 8.38. The van der Waals surface area contributed by atoms with Gasteiger partial charge in [-0.15, -0.1) is 0 Å². The Morgan fingerprint density at radius 1 is 1.35 bits per heavy atom. The van der Waals surface area contributed by atoms with Crippen LogP contribution in [-0.2, 0) is 4.79 Å². The Kier molecular flexibility index (Phi) is 5.89. The number of benzene rings is 1. The molecule has 1 aromatic carbocycles. The van der Waals surface area contributed by atoms with Crippen LogP contribution in [0.1, 0.15) is 43.7 Å². The van der Waals surface area contributed by atoms with Crippen molar-refractivity contribution < 1.29 is 9.53 Å². The molecule has 1 fully saturated rings. The Balaban J connectivity index is 2.00. The Morgan fingerprint density at radius 2 is 2.10 bits per heavy atom. The van der Waals surface area contributed by atoms with Crippen molar-refractivity contribution in [3.8, 4) is 5.75 Å². The molecule has 2 rings (SSSR count). The van der Waals surface area contributed by atoms with Crippen LogP contribution in [0.2, 0.25) is 0 Å². The van der Waals surface area contributed by atoms with Crippen LogP contribution in [0, 0.1) is 0 Å². The molecule has 0 N–H and O–H groups in total. The molecule has 0 bridgehead atoms. The number of likely N-dealkylation sites (tertiary alicyclic amines) is 1. The highest BCUT2D eigenvalue weighted by molar-refractivity contribution is 9.09. The van der Waals surface area contributed by atoms with Crippen LogP contribution in [0.5, 0.6) is 5.75 Å². The summed E-state index contributed by atoms with van der Waals surface area (Å²) in [6.45, 7) is 0.893. The van der Waals surface area contributed by atoms with Gasteiger partial charge in [0, 0.05) is 18.3 Å². The van der Waals surface area contributed by atoms with Gasteiger partial charge in [-0.1, -0.05) is 28.1 Å². The van der Waals surface area contributed by atoms with E-state index in [-0.39, 0.29) is 6.04 Å². The summed E-state index contributed by atoms with van der Waals surface area (Å²) >= 11 is 3.41. The topological polar surface area (TPSA) is 29.5 Å². The van der Waals surface area contributed by atoms with E-state index in [2.05, 4.69) is 33.0 Å². The first kappa shape index (κ1) is 15.4. The fourth-order valence-corrected chi connectivity index (χ4v) is 3.15. The summed E-state index contributed by atoms with van der Waals surface area (Å²) in [6.07, 6.45) is 4.86. The van der Waals surface area contributed by atoms with Gasteiger partial charge in [0.15, 0.2) is 0 Å². The number of rotatable bonds is 6. The number of hydrogen-bond acceptors (Lipinski definition) is 2. The minimum atomic E-state index is 0.248. The number of nitrogens with zero attached hydrogens (tertiary/aromatic N) is 1. The highest BCUT2D eigenvalue weighted by atomic mass is 79.9. The zero-order valence-corrected chi connectivity index (χ0v) is 13.6. The lowest BCUT2D eigenvalue weighted by Gasteiger charge is -2.25. The van der Waals surface area contributed by atoms with Crippen molar-refractivity contribution in [1.29, 1.82) is 0 Å². The summed E-state index contributed by atoms with van der Waals surface area (Å²) in [7, 11) is 1.67. The second-order valence-electron chi connectivity index (χ2n) is 5.16. The smallest absolute Gasteiger partial charge is 0.223 e. The molecule has 1 heterocycles. The number of carbonyl (C=O) groups excluding carboxylic acids is 1. The summed E-state index contributed by atoms with van der Waals surface area (Å²) < 4.78 is 5.19. The van der Waals surface area contributed by atoms with Gasteiger partial charge in [0.25, 0.3) is 0 Å². The van der Waals surface area contributed by atoms with Crippen molar-refractivity contribution in [3.05, 3.63) is 29.8 Å². The predicted molar refractivity (Wildman–Crippen MR) is 84.3 cm³/mol. The van der Waals surface area contributed by atoms with E-state index in [1.165, 1.54) is 5.56 Å². The third-order valence-corrected chi connectivity index (χ3v) is 4.41. The summed E-state index contributed by atoms with van der Waals surface area (Å²) in [5.41, 5.74) is 1.22. The van der Waals surface area contributed by atoms with E-state index in [0.717, 1.165) is 43.3 Å². The van der Waals surface area contributed by atoms with Gasteiger partial charge in [-0.25, -0.2) is 0 Å². The van der Waals surface area contributed by atoms with E-state index in [4.69, 9.17) is 4.74 Å². The van der Waals surface area contributed by atoms with Crippen LogP contribution in [0.3, 0.4) is 0 Å². The quantitative estimate of drug-likeness (QED) is 0.580. The molecule has 0 spiro atoms. The molecule has 4 heteroatoms. The number of hydrogen-bond donors (Lipinski definition) is 0. The number of amides is 1. The van der Waals surface area contributed by atoms with Crippen molar-refractivity contribution >= 4 is 21.8 Å². The van der Waals surface area contributed by atoms with Gasteiger partial charge in [0.1, 0.15) is 5.75 Å². The molecule has 0 aromatic heterocycles. The summed E-state index contributed by atoms with van der Waals surface area (Å²) in [5.74, 6) is 1.16. The fourth-order valence-electron chi connectivity index (χ4n) is 2.75. The highest BCUT2D eigenvalue weighted by Crippen LogP contribution is 2.33. The van der Waals surface area contributed by atoms with Crippen molar-refractivity contribution in [2.24, 2.45) is 0 Å². The van der Waals surface area contributed by atoms with E-state index >= 15 is 0 Å². The normalized spacial score (nSPS) is 18.3. The van der Waals surface area contributed by atoms with Crippen LogP contribution in [0.4, 0.5) is 0 Å². The number of alkyl halides is 1. The second kappa shape index (κ2) is 7.67. The maximum atomic E-state index is 12.3. The Hall–Kier alpha value is -1.03. The van der Waals surface area contributed by atoms with E-state index in [0.29, 0.717) is 12.3 Å². The number of ether oxygens (including phenoxy) is 1. The Labute approximate surface area is 129 Å². The summed E-state index contributed by atoms with van der Waals surface area (Å²) in [6, 6.07) is 8.35. The predicted octanol–water partition coefficient (Wildman–Crippen LogP) is 3.92. The number of carbonyl (C=O) groups is 1. The molecule has 1 aliphatic rings. The first-order valence-electron chi connectivity index (χ1n) is 7.25. The highest BCUT2D eigenvalue weighted by Gasteiger charge is 2.29. The maximum absolute atomic E-state index is 12.3. The molecular formula is C16H22BrNO2. The molecule has 3 nitrogen and oxygen atoms in total. The second-order valence-corrected chi connectivity index (χ2v) is 5.96. The van der Waals surface area contributed by atoms with Crippen LogP contribution >= 0.6 is 15.9 Å².